The van der Waals surface area contributed by atoms with Crippen LogP contribution in [0.3, 0.4) is 0 Å². The maximum Gasteiger partial charge on any atom is 0.337 e. The summed E-state index contributed by atoms with van der Waals surface area (Å²) in [5, 5.41) is 9.74. The topological polar surface area (TPSA) is 66.6 Å². The molecule has 0 aliphatic heterocycles. The number of aryl methyl sites for hydroxylation is 1. The number of hydrogen-bond acceptors (Lipinski definition) is 3. The zero-order valence-corrected chi connectivity index (χ0v) is 12.7. The van der Waals surface area contributed by atoms with Gasteiger partial charge in [-0.3, -0.25) is 0 Å². The number of aromatic carboxylic acids is 1. The molecule has 3 N–H and O–H groups in total. The van der Waals surface area contributed by atoms with Gasteiger partial charge in [0.1, 0.15) is 0 Å². The summed E-state index contributed by atoms with van der Waals surface area (Å²) < 4.78 is 0. The van der Waals surface area contributed by atoms with Crippen molar-refractivity contribution in [1.29, 1.82) is 0 Å². The normalized spacial score (nSPS) is 10.4. The van der Waals surface area contributed by atoms with Crippen molar-refractivity contribution in [3.8, 4) is 0 Å². The largest absolute Gasteiger partial charge is 0.478 e. The molecule has 2 aromatic rings. The van der Waals surface area contributed by atoms with Crippen LogP contribution in [0.5, 0.6) is 0 Å². The first-order chi connectivity index (χ1) is 9.93. The third-order valence-electron chi connectivity index (χ3n) is 3.25. The molecule has 2 aromatic carbocycles. The number of benzene rings is 2. The first-order valence-corrected chi connectivity index (χ1v) is 6.98. The quantitative estimate of drug-likeness (QED) is 0.835. The van der Waals surface area contributed by atoms with E-state index in [0.29, 0.717) is 22.9 Å². The average molecular weight is 305 g/mol. The first kappa shape index (κ1) is 15.2. The van der Waals surface area contributed by atoms with Crippen molar-refractivity contribution in [2.75, 3.05) is 17.2 Å². The Bertz CT molecular complexity index is 669. The Labute approximate surface area is 128 Å². The lowest BCUT2D eigenvalue weighted by Crippen LogP contribution is -2.20. The summed E-state index contributed by atoms with van der Waals surface area (Å²) in [6.07, 6.45) is 0. The maximum atomic E-state index is 11.5. The van der Waals surface area contributed by atoms with Crippen LogP contribution in [0.1, 0.15) is 22.8 Å². The fourth-order valence-corrected chi connectivity index (χ4v) is 2.58. The fraction of sp³-hybridized carbons (Fsp3) is 0.188. The molecular weight excluding hydrogens is 288 g/mol. The molecular formula is C16H17ClN2O2. The van der Waals surface area contributed by atoms with Gasteiger partial charge >= 0.3 is 5.97 Å². The second-order valence-corrected chi connectivity index (χ2v) is 5.19. The smallest absolute Gasteiger partial charge is 0.337 e. The van der Waals surface area contributed by atoms with Crippen LogP contribution >= 0.6 is 11.6 Å². The number of nitrogens with zero attached hydrogens (tertiary/aromatic N) is 1. The predicted molar refractivity (Wildman–Crippen MR) is 86.7 cm³/mol. The number of anilines is 3. The second kappa shape index (κ2) is 6.06. The maximum absolute atomic E-state index is 11.5. The lowest BCUT2D eigenvalue weighted by atomic mass is 10.1. The Balaban J connectivity index is 2.62. The number of carbonyl (C=O) groups is 1. The van der Waals surface area contributed by atoms with Crippen LogP contribution < -0.4 is 10.6 Å². The SMILES string of the molecule is CCN(c1ccc(C)cc1)c1c(Cl)cc(N)cc1C(=O)O. The van der Waals surface area contributed by atoms with Crippen LogP contribution in [-0.2, 0) is 0 Å². The molecule has 110 valence electrons. The molecule has 0 aromatic heterocycles. The summed E-state index contributed by atoms with van der Waals surface area (Å²) in [6.45, 7) is 4.53. The summed E-state index contributed by atoms with van der Waals surface area (Å²) in [5.41, 5.74) is 8.62. The van der Waals surface area contributed by atoms with E-state index in [0.717, 1.165) is 11.3 Å². The minimum Gasteiger partial charge on any atom is -0.478 e. The monoisotopic (exact) mass is 304 g/mol. The van der Waals surface area contributed by atoms with E-state index in [-0.39, 0.29) is 5.56 Å². The zero-order chi connectivity index (χ0) is 15.6. The summed E-state index contributed by atoms with van der Waals surface area (Å²) in [4.78, 5) is 13.4. The highest BCUT2D eigenvalue weighted by Gasteiger charge is 2.20. The summed E-state index contributed by atoms with van der Waals surface area (Å²) in [6, 6.07) is 10.8. The van der Waals surface area contributed by atoms with Crippen molar-refractivity contribution in [3.05, 3.63) is 52.5 Å². The molecule has 21 heavy (non-hydrogen) atoms. The van der Waals surface area contributed by atoms with Gasteiger partial charge < -0.3 is 15.7 Å². The highest BCUT2D eigenvalue weighted by atomic mass is 35.5. The number of rotatable bonds is 4. The van der Waals surface area contributed by atoms with Gasteiger partial charge in [0.15, 0.2) is 0 Å². The number of carboxylic acids is 1. The van der Waals surface area contributed by atoms with Crippen molar-refractivity contribution >= 4 is 34.6 Å². The van der Waals surface area contributed by atoms with Crippen molar-refractivity contribution < 1.29 is 9.90 Å². The van der Waals surface area contributed by atoms with Crippen LogP contribution in [0.15, 0.2) is 36.4 Å². The van der Waals surface area contributed by atoms with Crippen molar-refractivity contribution in [1.82, 2.24) is 0 Å². The van der Waals surface area contributed by atoms with Gasteiger partial charge in [-0.15, -0.1) is 0 Å². The van der Waals surface area contributed by atoms with E-state index in [1.54, 1.807) is 6.07 Å². The van der Waals surface area contributed by atoms with Crippen molar-refractivity contribution in [2.45, 2.75) is 13.8 Å². The second-order valence-electron chi connectivity index (χ2n) is 4.78. The molecule has 0 amide bonds. The highest BCUT2D eigenvalue weighted by Crippen LogP contribution is 2.36. The van der Waals surface area contributed by atoms with E-state index in [1.165, 1.54) is 6.07 Å². The molecule has 0 saturated carbocycles. The van der Waals surface area contributed by atoms with Gasteiger partial charge in [0.25, 0.3) is 0 Å². The molecule has 0 fully saturated rings. The molecule has 4 nitrogen and oxygen atoms in total. The molecule has 0 saturated heterocycles. The first-order valence-electron chi connectivity index (χ1n) is 6.60. The third-order valence-corrected chi connectivity index (χ3v) is 3.54. The van der Waals surface area contributed by atoms with E-state index in [2.05, 4.69) is 0 Å². The fourth-order valence-electron chi connectivity index (χ4n) is 2.25. The number of nitrogens with two attached hydrogens (primary N) is 1. The highest BCUT2D eigenvalue weighted by molar-refractivity contribution is 6.34. The van der Waals surface area contributed by atoms with E-state index in [9.17, 15) is 9.90 Å². The van der Waals surface area contributed by atoms with Crippen molar-refractivity contribution in [3.63, 3.8) is 0 Å². The zero-order valence-electron chi connectivity index (χ0n) is 11.9. The van der Waals surface area contributed by atoms with Gasteiger partial charge in [0, 0.05) is 17.9 Å². The molecule has 0 unspecified atom stereocenters. The Morgan fingerprint density at radius 3 is 2.43 bits per heavy atom. The van der Waals surface area contributed by atoms with E-state index < -0.39 is 5.97 Å². The van der Waals surface area contributed by atoms with E-state index >= 15 is 0 Å². The van der Waals surface area contributed by atoms with Gasteiger partial charge in [-0.05, 0) is 38.1 Å². The number of halogens is 1. The Morgan fingerprint density at radius 1 is 1.29 bits per heavy atom. The minimum absolute atomic E-state index is 0.0995. The number of nitrogen functional groups attached to an aromatic ring is 1. The molecule has 0 radical (unpaired) electrons. The van der Waals surface area contributed by atoms with Crippen LogP contribution in [0, 0.1) is 6.92 Å². The lowest BCUT2D eigenvalue weighted by Gasteiger charge is -2.26. The Kier molecular flexibility index (Phi) is 4.38. The van der Waals surface area contributed by atoms with Gasteiger partial charge in [-0.25, -0.2) is 4.79 Å². The van der Waals surface area contributed by atoms with Gasteiger partial charge in [-0.1, -0.05) is 29.3 Å². The molecule has 0 aliphatic carbocycles. The minimum atomic E-state index is -1.05. The predicted octanol–water partition coefficient (Wildman–Crippen LogP) is 4.09. The van der Waals surface area contributed by atoms with E-state index in [1.807, 2.05) is 43.0 Å². The Hall–Kier alpha value is -2.20. The van der Waals surface area contributed by atoms with Gasteiger partial charge in [0.2, 0.25) is 0 Å². The average Bonchev–Trinajstić information content (AvgIpc) is 2.43. The summed E-state index contributed by atoms with van der Waals surface area (Å²) in [7, 11) is 0. The molecule has 0 spiro atoms. The van der Waals surface area contributed by atoms with Crippen LogP contribution in [-0.4, -0.2) is 17.6 Å². The van der Waals surface area contributed by atoms with E-state index in [4.69, 9.17) is 17.3 Å². The molecule has 0 bridgehead atoms. The number of hydrogen-bond donors (Lipinski definition) is 2. The van der Waals surface area contributed by atoms with Crippen LogP contribution in [0.2, 0.25) is 5.02 Å². The van der Waals surface area contributed by atoms with Gasteiger partial charge in [-0.2, -0.15) is 0 Å². The van der Waals surface area contributed by atoms with Gasteiger partial charge in [0.05, 0.1) is 16.3 Å². The standard InChI is InChI=1S/C16H17ClN2O2/c1-3-19(12-6-4-10(2)5-7-12)15-13(16(20)21)8-11(18)9-14(15)17/h4-9H,3,18H2,1-2H3,(H,20,21). The molecule has 0 heterocycles. The van der Waals surface area contributed by atoms with Crippen LogP contribution in [0.25, 0.3) is 0 Å². The summed E-state index contributed by atoms with van der Waals surface area (Å²) in [5.74, 6) is -1.05. The Morgan fingerprint density at radius 2 is 1.90 bits per heavy atom. The summed E-state index contributed by atoms with van der Waals surface area (Å²) >= 11 is 6.25. The molecule has 0 atom stereocenters. The molecule has 2 rings (SSSR count). The van der Waals surface area contributed by atoms with Crippen molar-refractivity contribution in [2.24, 2.45) is 0 Å². The van der Waals surface area contributed by atoms with Crippen LogP contribution in [0.4, 0.5) is 17.1 Å². The molecule has 0 aliphatic rings. The lowest BCUT2D eigenvalue weighted by molar-refractivity contribution is 0.0697. The number of carboxylic acid groups (broad SMARTS) is 1. The third kappa shape index (κ3) is 3.11. The molecule has 5 heteroatoms.